The van der Waals surface area contributed by atoms with Crippen molar-refractivity contribution in [1.29, 1.82) is 0 Å². The van der Waals surface area contributed by atoms with Crippen LogP contribution in [0.4, 0.5) is 0 Å². The third kappa shape index (κ3) is 3.43. The summed E-state index contributed by atoms with van der Waals surface area (Å²) in [5, 5.41) is 0. The normalized spacial score (nSPS) is 13.3. The van der Waals surface area contributed by atoms with Crippen molar-refractivity contribution in [2.75, 3.05) is 0 Å². The highest BCUT2D eigenvalue weighted by atomic mass is 14.3. The predicted octanol–water partition coefficient (Wildman–Crippen LogP) is 6.10. The summed E-state index contributed by atoms with van der Waals surface area (Å²) in [6.45, 7) is 8.88. The van der Waals surface area contributed by atoms with Gasteiger partial charge in [-0.3, -0.25) is 0 Å². The van der Waals surface area contributed by atoms with Crippen molar-refractivity contribution in [1.82, 2.24) is 0 Å². The third-order valence-electron chi connectivity index (χ3n) is 4.31. The molecule has 3 rings (SSSR count). The van der Waals surface area contributed by atoms with Crippen molar-refractivity contribution in [3.8, 4) is 0 Å². The molecule has 0 aliphatic carbocycles. The van der Waals surface area contributed by atoms with Gasteiger partial charge in [-0.15, -0.1) is 0 Å². The molecule has 3 aromatic rings. The molecule has 23 heavy (non-hydrogen) atoms. The number of rotatable bonds is 5. The maximum atomic E-state index is 4.47. The fourth-order valence-electron chi connectivity index (χ4n) is 3.06. The van der Waals surface area contributed by atoms with Crippen LogP contribution in [-0.4, -0.2) is 0 Å². The van der Waals surface area contributed by atoms with Crippen LogP contribution in [0.2, 0.25) is 0 Å². The van der Waals surface area contributed by atoms with Crippen LogP contribution in [0.25, 0.3) is 5.57 Å². The van der Waals surface area contributed by atoms with Crippen LogP contribution in [-0.2, 0) is 0 Å². The van der Waals surface area contributed by atoms with Gasteiger partial charge in [-0.2, -0.15) is 0 Å². The van der Waals surface area contributed by atoms with E-state index in [1.165, 1.54) is 16.7 Å². The predicted molar refractivity (Wildman–Crippen MR) is 99.2 cm³/mol. The molecule has 0 saturated carbocycles. The Morgan fingerprint density at radius 1 is 0.609 bits per heavy atom. The van der Waals surface area contributed by atoms with Gasteiger partial charge in [0.2, 0.25) is 0 Å². The lowest BCUT2D eigenvalue weighted by Crippen LogP contribution is -2.10. The van der Waals surface area contributed by atoms with Crippen molar-refractivity contribution < 1.29 is 0 Å². The molecule has 0 heteroatoms. The highest BCUT2D eigenvalue weighted by Crippen LogP contribution is 2.41. The van der Waals surface area contributed by atoms with Gasteiger partial charge in [-0.1, -0.05) is 97.6 Å². The van der Waals surface area contributed by atoms with Crippen molar-refractivity contribution >= 4 is 5.57 Å². The summed E-state index contributed by atoms with van der Waals surface area (Å²) in [4.78, 5) is 0. The summed E-state index contributed by atoms with van der Waals surface area (Å²) in [7, 11) is 0. The molecule has 0 amide bonds. The number of hydrogen-bond acceptors (Lipinski definition) is 0. The van der Waals surface area contributed by atoms with Crippen molar-refractivity contribution in [3.63, 3.8) is 0 Å². The van der Waals surface area contributed by atoms with Gasteiger partial charge in [-0.25, -0.2) is 0 Å². The fourth-order valence-corrected chi connectivity index (χ4v) is 3.06. The van der Waals surface area contributed by atoms with Gasteiger partial charge in [-0.05, 0) is 35.1 Å². The molecular weight excluding hydrogens is 276 g/mol. The third-order valence-corrected chi connectivity index (χ3v) is 4.31. The highest BCUT2D eigenvalue weighted by Gasteiger charge is 2.24. The summed E-state index contributed by atoms with van der Waals surface area (Å²) < 4.78 is 0. The van der Waals surface area contributed by atoms with Crippen molar-refractivity contribution in [3.05, 3.63) is 121 Å². The molecule has 0 saturated heterocycles. The van der Waals surface area contributed by atoms with E-state index in [4.69, 9.17) is 0 Å². The second-order valence-corrected chi connectivity index (χ2v) is 5.80. The maximum Gasteiger partial charge on any atom is 0.0158 e. The minimum absolute atomic E-state index is 0.117. The van der Waals surface area contributed by atoms with Gasteiger partial charge in [0.1, 0.15) is 0 Å². The highest BCUT2D eigenvalue weighted by molar-refractivity contribution is 5.71. The monoisotopic (exact) mass is 297 g/mol. The minimum Gasteiger partial charge on any atom is -0.0946 e. The Kier molecular flexibility index (Phi) is 4.73. The standard InChI is InChI=1S/C23H21/c1-18(20-12-6-3-7-13-20)23(22-16-10-5-11-17-22)19(2)21-14-8-4-9-15-21/h3-18,23H,1-2H2. The van der Waals surface area contributed by atoms with Crippen LogP contribution in [0.15, 0.2) is 97.6 Å². The molecule has 0 heterocycles. The van der Waals surface area contributed by atoms with E-state index >= 15 is 0 Å². The molecule has 0 N–H and O–H groups in total. The average Bonchev–Trinajstić information content (AvgIpc) is 2.64. The number of allylic oxidation sites excluding steroid dienone is 1. The van der Waals surface area contributed by atoms with Gasteiger partial charge in [0, 0.05) is 5.92 Å². The quantitative estimate of drug-likeness (QED) is 0.533. The van der Waals surface area contributed by atoms with Crippen molar-refractivity contribution in [2.24, 2.45) is 0 Å². The fraction of sp³-hybridized carbons (Fsp3) is 0.0870. The van der Waals surface area contributed by atoms with Gasteiger partial charge >= 0.3 is 0 Å². The van der Waals surface area contributed by atoms with E-state index in [-0.39, 0.29) is 11.8 Å². The maximum absolute atomic E-state index is 4.47. The van der Waals surface area contributed by atoms with Crippen LogP contribution in [0.3, 0.4) is 0 Å². The Bertz CT molecular complexity index is 742. The van der Waals surface area contributed by atoms with Crippen molar-refractivity contribution in [2.45, 2.75) is 11.8 Å². The van der Waals surface area contributed by atoms with Gasteiger partial charge in [0.15, 0.2) is 0 Å². The van der Waals surface area contributed by atoms with E-state index in [2.05, 4.69) is 86.3 Å². The van der Waals surface area contributed by atoms with E-state index in [1.807, 2.05) is 18.2 Å². The van der Waals surface area contributed by atoms with E-state index < -0.39 is 0 Å². The number of benzene rings is 3. The Balaban J connectivity index is 2.03. The molecule has 0 bridgehead atoms. The summed E-state index contributed by atoms with van der Waals surface area (Å²) in [6, 6.07) is 31.4. The summed E-state index contributed by atoms with van der Waals surface area (Å²) in [6.07, 6.45) is 0. The zero-order valence-corrected chi connectivity index (χ0v) is 13.2. The lowest BCUT2D eigenvalue weighted by molar-refractivity contribution is 0.751. The van der Waals surface area contributed by atoms with Gasteiger partial charge in [0.05, 0.1) is 0 Å². The number of hydrogen-bond donors (Lipinski definition) is 0. The topological polar surface area (TPSA) is 0 Å². The molecule has 0 spiro atoms. The van der Waals surface area contributed by atoms with Crippen LogP contribution < -0.4 is 0 Å². The van der Waals surface area contributed by atoms with E-state index in [9.17, 15) is 0 Å². The first-order valence-corrected chi connectivity index (χ1v) is 7.94. The van der Waals surface area contributed by atoms with E-state index in [0.29, 0.717) is 0 Å². The average molecular weight is 297 g/mol. The van der Waals surface area contributed by atoms with Crippen LogP contribution in [0, 0.1) is 6.92 Å². The molecule has 3 aromatic carbocycles. The van der Waals surface area contributed by atoms with E-state index in [1.54, 1.807) is 0 Å². The lowest BCUT2D eigenvalue weighted by Gasteiger charge is -2.27. The first-order chi connectivity index (χ1) is 11.3. The molecule has 0 aliphatic rings. The summed E-state index contributed by atoms with van der Waals surface area (Å²) in [5.41, 5.74) is 4.77. The Labute approximate surface area is 139 Å². The van der Waals surface area contributed by atoms with Crippen LogP contribution >= 0.6 is 0 Å². The minimum atomic E-state index is 0.117. The molecule has 113 valence electrons. The second kappa shape index (κ2) is 7.11. The Hall–Kier alpha value is -2.60. The first-order valence-electron chi connectivity index (χ1n) is 7.94. The van der Waals surface area contributed by atoms with E-state index in [0.717, 1.165) is 5.57 Å². The van der Waals surface area contributed by atoms with Gasteiger partial charge < -0.3 is 0 Å². The molecule has 0 aliphatic heterocycles. The zero-order valence-electron chi connectivity index (χ0n) is 13.2. The molecule has 0 nitrogen and oxygen atoms in total. The molecule has 0 aromatic heterocycles. The molecular formula is C23H21. The largest absolute Gasteiger partial charge is 0.0946 e. The SMILES string of the molecule is [CH2]C(c1ccccc1)C(C(=C)c1ccccc1)c1ccccc1. The summed E-state index contributed by atoms with van der Waals surface area (Å²) >= 11 is 0. The molecule has 0 fully saturated rings. The van der Waals surface area contributed by atoms with Crippen LogP contribution in [0.5, 0.6) is 0 Å². The molecule has 2 unspecified atom stereocenters. The second-order valence-electron chi connectivity index (χ2n) is 5.80. The van der Waals surface area contributed by atoms with Crippen LogP contribution in [0.1, 0.15) is 28.5 Å². The smallest absolute Gasteiger partial charge is 0.0158 e. The lowest BCUT2D eigenvalue weighted by atomic mass is 9.76. The summed E-state index contributed by atoms with van der Waals surface area (Å²) in [5.74, 6) is 0.271. The Morgan fingerprint density at radius 3 is 1.57 bits per heavy atom. The molecule has 1 radical (unpaired) electrons. The van der Waals surface area contributed by atoms with Gasteiger partial charge in [0.25, 0.3) is 0 Å². The first kappa shape index (κ1) is 15.3. The molecule has 2 atom stereocenters. The zero-order chi connectivity index (χ0) is 16.1. The Morgan fingerprint density at radius 2 is 1.04 bits per heavy atom.